The first-order valence-corrected chi connectivity index (χ1v) is 8.52. The average molecular weight is 355 g/mol. The molecule has 5 nitrogen and oxygen atoms in total. The number of ether oxygens (including phenoxy) is 2. The molecule has 0 aliphatic heterocycles. The summed E-state index contributed by atoms with van der Waals surface area (Å²) in [5, 5.41) is 2.78. The van der Waals surface area contributed by atoms with Gasteiger partial charge in [0.15, 0.2) is 6.10 Å². The number of esters is 1. The molecule has 0 aliphatic carbocycles. The lowest BCUT2D eigenvalue weighted by molar-refractivity contribution is -0.159. The topological polar surface area (TPSA) is 64.6 Å². The van der Waals surface area contributed by atoms with Crippen LogP contribution >= 0.6 is 0 Å². The van der Waals surface area contributed by atoms with E-state index in [9.17, 15) is 9.59 Å². The Bertz CT molecular complexity index is 738. The summed E-state index contributed by atoms with van der Waals surface area (Å²) in [5.41, 5.74) is 0.948. The average Bonchev–Trinajstić information content (AvgIpc) is 2.67. The molecule has 2 aromatic carbocycles. The first-order chi connectivity index (χ1) is 12.3. The molecule has 0 spiro atoms. The summed E-state index contributed by atoms with van der Waals surface area (Å²) in [6.07, 6.45) is -0.872. The van der Waals surface area contributed by atoms with Crippen LogP contribution in [-0.2, 0) is 26.3 Å². The lowest BCUT2D eigenvalue weighted by Crippen LogP contribution is -2.40. The highest BCUT2D eigenvalue weighted by molar-refractivity contribution is 5.87. The number of methoxy groups -OCH3 is 1. The third kappa shape index (κ3) is 4.85. The van der Waals surface area contributed by atoms with Gasteiger partial charge in [0.25, 0.3) is 5.91 Å². The Kier molecular flexibility index (Phi) is 6.39. The highest BCUT2D eigenvalue weighted by atomic mass is 16.5. The second-order valence-corrected chi connectivity index (χ2v) is 6.60. The summed E-state index contributed by atoms with van der Waals surface area (Å²) in [4.78, 5) is 24.7. The smallest absolute Gasteiger partial charge is 0.316 e. The highest BCUT2D eigenvalue weighted by Crippen LogP contribution is 2.25. The van der Waals surface area contributed by atoms with Crippen LogP contribution in [-0.4, -0.2) is 25.1 Å². The molecule has 1 amide bonds. The zero-order valence-corrected chi connectivity index (χ0v) is 15.6. The van der Waals surface area contributed by atoms with E-state index in [4.69, 9.17) is 9.47 Å². The summed E-state index contributed by atoms with van der Waals surface area (Å²) >= 11 is 0. The molecular weight excluding hydrogens is 330 g/mol. The van der Waals surface area contributed by atoms with Crippen molar-refractivity contribution in [2.24, 2.45) is 0 Å². The summed E-state index contributed by atoms with van der Waals surface area (Å²) in [5.74, 6) is -0.0145. The monoisotopic (exact) mass is 355 g/mol. The van der Waals surface area contributed by atoms with Crippen LogP contribution in [0, 0.1) is 0 Å². The molecule has 1 N–H and O–H groups in total. The number of amides is 1. The van der Waals surface area contributed by atoms with Crippen LogP contribution in [0.5, 0.6) is 5.75 Å². The predicted molar refractivity (Wildman–Crippen MR) is 99.9 cm³/mol. The van der Waals surface area contributed by atoms with Gasteiger partial charge in [-0.3, -0.25) is 9.59 Å². The molecule has 2 rings (SSSR count). The van der Waals surface area contributed by atoms with Gasteiger partial charge in [-0.2, -0.15) is 0 Å². The van der Waals surface area contributed by atoms with Crippen molar-refractivity contribution in [2.75, 3.05) is 7.11 Å². The van der Waals surface area contributed by atoms with E-state index in [1.807, 2.05) is 54.6 Å². The first-order valence-electron chi connectivity index (χ1n) is 8.52. The van der Waals surface area contributed by atoms with Crippen LogP contribution in [0.1, 0.15) is 31.9 Å². The number of nitrogens with one attached hydrogen (secondary N) is 1. The molecule has 2 aromatic rings. The Morgan fingerprint density at radius 1 is 1.04 bits per heavy atom. The van der Waals surface area contributed by atoms with E-state index in [0.29, 0.717) is 6.54 Å². The maximum atomic E-state index is 12.5. The zero-order valence-electron chi connectivity index (χ0n) is 15.6. The molecule has 0 saturated heterocycles. The lowest BCUT2D eigenvalue weighted by atomic mass is 9.85. The number of hydrogen-bond donors (Lipinski definition) is 1. The van der Waals surface area contributed by atoms with Gasteiger partial charge in [-0.05, 0) is 44.0 Å². The van der Waals surface area contributed by atoms with Crippen molar-refractivity contribution in [3.8, 4) is 5.75 Å². The number of rotatable bonds is 7. The van der Waals surface area contributed by atoms with Crippen molar-refractivity contribution >= 4 is 11.9 Å². The van der Waals surface area contributed by atoms with Gasteiger partial charge in [-0.15, -0.1) is 0 Å². The molecule has 0 unspecified atom stereocenters. The summed E-state index contributed by atoms with van der Waals surface area (Å²) in [7, 11) is 1.60. The Morgan fingerprint density at radius 2 is 1.65 bits per heavy atom. The second kappa shape index (κ2) is 8.52. The highest BCUT2D eigenvalue weighted by Gasteiger charge is 2.33. The van der Waals surface area contributed by atoms with Crippen LogP contribution in [0.15, 0.2) is 54.6 Å². The van der Waals surface area contributed by atoms with Crippen molar-refractivity contribution in [3.05, 3.63) is 65.7 Å². The molecule has 0 radical (unpaired) electrons. The van der Waals surface area contributed by atoms with Gasteiger partial charge < -0.3 is 14.8 Å². The Labute approximate surface area is 154 Å². The minimum absolute atomic E-state index is 0.335. The first kappa shape index (κ1) is 19.5. The maximum Gasteiger partial charge on any atom is 0.316 e. The number of carbonyl (C=O) groups is 2. The fourth-order valence-electron chi connectivity index (χ4n) is 2.41. The molecule has 1 atom stereocenters. The molecule has 5 heteroatoms. The van der Waals surface area contributed by atoms with Crippen LogP contribution in [0.2, 0.25) is 0 Å². The van der Waals surface area contributed by atoms with E-state index in [0.717, 1.165) is 16.9 Å². The van der Waals surface area contributed by atoms with Gasteiger partial charge in [-0.1, -0.05) is 42.5 Å². The lowest BCUT2D eigenvalue weighted by Gasteiger charge is -2.25. The minimum Gasteiger partial charge on any atom is -0.497 e. The van der Waals surface area contributed by atoms with E-state index < -0.39 is 17.5 Å². The van der Waals surface area contributed by atoms with Gasteiger partial charge in [-0.25, -0.2) is 0 Å². The van der Waals surface area contributed by atoms with Gasteiger partial charge in [0.1, 0.15) is 5.75 Å². The van der Waals surface area contributed by atoms with E-state index in [1.165, 1.54) is 0 Å². The van der Waals surface area contributed by atoms with E-state index in [-0.39, 0.29) is 5.91 Å². The predicted octanol–water partition coefficient (Wildman–Crippen LogP) is 3.22. The number of benzene rings is 2. The third-order valence-electron chi connectivity index (χ3n) is 4.28. The summed E-state index contributed by atoms with van der Waals surface area (Å²) < 4.78 is 10.5. The molecule has 0 aromatic heterocycles. The Balaban J connectivity index is 1.90. The normalized spacial score (nSPS) is 12.2. The summed E-state index contributed by atoms with van der Waals surface area (Å²) in [6.45, 7) is 5.49. The van der Waals surface area contributed by atoms with Crippen molar-refractivity contribution in [2.45, 2.75) is 38.8 Å². The molecule has 0 aliphatic rings. The number of carbonyl (C=O) groups excluding carboxylic acids is 2. The van der Waals surface area contributed by atoms with Crippen LogP contribution < -0.4 is 10.1 Å². The molecular formula is C21H25NO4. The molecule has 0 saturated carbocycles. The molecule has 0 heterocycles. The standard InChI is InChI=1S/C21H25NO4/c1-15(19(23)22-14-16-10-12-18(25-4)13-11-16)26-20(24)21(2,3)17-8-6-5-7-9-17/h5-13,15H,14H2,1-4H3,(H,22,23)/t15-/m0/s1. The molecule has 138 valence electrons. The van der Waals surface area contributed by atoms with Crippen molar-refractivity contribution < 1.29 is 19.1 Å². The second-order valence-electron chi connectivity index (χ2n) is 6.60. The van der Waals surface area contributed by atoms with Crippen LogP contribution in [0.3, 0.4) is 0 Å². The number of hydrogen-bond acceptors (Lipinski definition) is 4. The van der Waals surface area contributed by atoms with Gasteiger partial charge in [0, 0.05) is 6.54 Å². The zero-order chi connectivity index (χ0) is 19.2. The van der Waals surface area contributed by atoms with Crippen molar-refractivity contribution in [1.82, 2.24) is 5.32 Å². The van der Waals surface area contributed by atoms with Crippen LogP contribution in [0.4, 0.5) is 0 Å². The minimum atomic E-state index is -0.872. The van der Waals surface area contributed by atoms with Crippen molar-refractivity contribution in [1.29, 1.82) is 0 Å². The fraction of sp³-hybridized carbons (Fsp3) is 0.333. The van der Waals surface area contributed by atoms with E-state index >= 15 is 0 Å². The SMILES string of the molecule is COc1ccc(CNC(=O)[C@H](C)OC(=O)C(C)(C)c2ccccc2)cc1. The molecule has 0 bridgehead atoms. The molecule has 26 heavy (non-hydrogen) atoms. The quantitative estimate of drug-likeness (QED) is 0.775. The van der Waals surface area contributed by atoms with Crippen molar-refractivity contribution in [3.63, 3.8) is 0 Å². The molecule has 0 fully saturated rings. The maximum absolute atomic E-state index is 12.5. The third-order valence-corrected chi connectivity index (χ3v) is 4.28. The van der Waals surface area contributed by atoms with Gasteiger partial charge >= 0.3 is 5.97 Å². The van der Waals surface area contributed by atoms with E-state index in [2.05, 4.69) is 5.32 Å². The van der Waals surface area contributed by atoms with E-state index in [1.54, 1.807) is 27.9 Å². The Hall–Kier alpha value is -2.82. The van der Waals surface area contributed by atoms with Crippen LogP contribution in [0.25, 0.3) is 0 Å². The summed E-state index contributed by atoms with van der Waals surface area (Å²) in [6, 6.07) is 16.8. The van der Waals surface area contributed by atoms with Gasteiger partial charge in [0.05, 0.1) is 12.5 Å². The fourth-order valence-corrected chi connectivity index (χ4v) is 2.41. The Morgan fingerprint density at radius 3 is 2.23 bits per heavy atom. The van der Waals surface area contributed by atoms with Gasteiger partial charge in [0.2, 0.25) is 0 Å². The largest absolute Gasteiger partial charge is 0.497 e.